The molecule has 3 heteroatoms. The van der Waals surface area contributed by atoms with Crippen molar-refractivity contribution < 1.29 is 14.3 Å². The predicted molar refractivity (Wildman–Crippen MR) is 60.6 cm³/mol. The van der Waals surface area contributed by atoms with Crippen molar-refractivity contribution in [3.8, 4) is 0 Å². The van der Waals surface area contributed by atoms with Crippen molar-refractivity contribution in [1.29, 1.82) is 0 Å². The second kappa shape index (κ2) is 4.73. The van der Waals surface area contributed by atoms with E-state index in [-0.39, 0.29) is 6.42 Å². The van der Waals surface area contributed by atoms with Gasteiger partial charge in [-0.05, 0) is 31.4 Å². The van der Waals surface area contributed by atoms with Crippen LogP contribution in [0.4, 0.5) is 0 Å². The lowest BCUT2D eigenvalue weighted by Crippen LogP contribution is -2.03. The Balaban J connectivity index is 2.12. The van der Waals surface area contributed by atoms with E-state index < -0.39 is 5.97 Å². The summed E-state index contributed by atoms with van der Waals surface area (Å²) in [6.45, 7) is 1.92. The van der Waals surface area contributed by atoms with Crippen molar-refractivity contribution in [2.24, 2.45) is 0 Å². The van der Waals surface area contributed by atoms with Crippen molar-refractivity contribution >= 4 is 5.97 Å². The van der Waals surface area contributed by atoms with Crippen LogP contribution < -0.4 is 0 Å². The highest BCUT2D eigenvalue weighted by Gasteiger charge is 2.20. The van der Waals surface area contributed by atoms with E-state index in [0.29, 0.717) is 11.7 Å². The molecule has 16 heavy (non-hydrogen) atoms. The maximum absolute atomic E-state index is 10.6. The quantitative estimate of drug-likeness (QED) is 0.853. The molecule has 0 aliphatic heterocycles. The van der Waals surface area contributed by atoms with Crippen LogP contribution in [0.2, 0.25) is 0 Å². The molecule has 1 fully saturated rings. The van der Waals surface area contributed by atoms with Crippen molar-refractivity contribution in [3.63, 3.8) is 0 Å². The lowest BCUT2D eigenvalue weighted by molar-refractivity contribution is -0.136. The molecule has 1 aromatic heterocycles. The summed E-state index contributed by atoms with van der Waals surface area (Å²) < 4.78 is 5.68. The van der Waals surface area contributed by atoms with Gasteiger partial charge in [-0.1, -0.05) is 19.3 Å². The fourth-order valence-corrected chi connectivity index (χ4v) is 2.45. The highest BCUT2D eigenvalue weighted by atomic mass is 16.4. The molecular formula is C13H18O3. The Bertz CT molecular complexity index is 373. The van der Waals surface area contributed by atoms with E-state index in [9.17, 15) is 4.79 Å². The van der Waals surface area contributed by atoms with Crippen molar-refractivity contribution in [3.05, 3.63) is 23.2 Å². The molecule has 1 aromatic rings. The molecule has 1 aliphatic rings. The van der Waals surface area contributed by atoms with E-state index in [2.05, 4.69) is 0 Å². The molecule has 1 aliphatic carbocycles. The van der Waals surface area contributed by atoms with Crippen molar-refractivity contribution in [2.75, 3.05) is 0 Å². The number of carboxylic acids is 1. The molecule has 1 saturated carbocycles. The SMILES string of the molecule is Cc1cc(C2CCCCC2)oc1CC(=O)O. The topological polar surface area (TPSA) is 50.4 Å². The molecule has 0 spiro atoms. The molecule has 2 rings (SSSR count). The molecule has 0 saturated heterocycles. The van der Waals surface area contributed by atoms with Gasteiger partial charge in [-0.15, -0.1) is 0 Å². The number of hydrogen-bond donors (Lipinski definition) is 1. The van der Waals surface area contributed by atoms with Crippen LogP contribution in [-0.4, -0.2) is 11.1 Å². The smallest absolute Gasteiger partial charge is 0.311 e. The Kier molecular flexibility index (Phi) is 3.32. The van der Waals surface area contributed by atoms with Gasteiger partial charge in [-0.25, -0.2) is 0 Å². The van der Waals surface area contributed by atoms with Crippen molar-refractivity contribution in [1.82, 2.24) is 0 Å². The molecule has 0 aromatic carbocycles. The zero-order valence-electron chi connectivity index (χ0n) is 9.66. The molecule has 0 unspecified atom stereocenters. The minimum absolute atomic E-state index is 0.00144. The van der Waals surface area contributed by atoms with Crippen LogP contribution in [0.5, 0.6) is 0 Å². The Morgan fingerprint density at radius 2 is 2.12 bits per heavy atom. The zero-order valence-corrected chi connectivity index (χ0v) is 9.66. The summed E-state index contributed by atoms with van der Waals surface area (Å²) in [5.74, 6) is 1.30. The fraction of sp³-hybridized carbons (Fsp3) is 0.615. The lowest BCUT2D eigenvalue weighted by Gasteiger charge is -2.19. The summed E-state index contributed by atoms with van der Waals surface area (Å²) in [7, 11) is 0. The Hall–Kier alpha value is -1.25. The maximum Gasteiger partial charge on any atom is 0.311 e. The molecule has 1 N–H and O–H groups in total. The monoisotopic (exact) mass is 222 g/mol. The minimum Gasteiger partial charge on any atom is -0.481 e. The number of rotatable bonds is 3. The van der Waals surface area contributed by atoms with E-state index in [1.807, 2.05) is 13.0 Å². The summed E-state index contributed by atoms with van der Waals surface area (Å²) in [6.07, 6.45) is 6.20. The van der Waals surface area contributed by atoms with Gasteiger partial charge >= 0.3 is 5.97 Å². The van der Waals surface area contributed by atoms with Crippen LogP contribution in [0.25, 0.3) is 0 Å². The first-order chi connectivity index (χ1) is 7.66. The van der Waals surface area contributed by atoms with Crippen LogP contribution in [0.1, 0.15) is 55.1 Å². The van der Waals surface area contributed by atoms with E-state index >= 15 is 0 Å². The standard InChI is InChI=1S/C13H18O3/c1-9-7-12(10-5-3-2-4-6-10)16-11(9)8-13(14)15/h7,10H,2-6,8H2,1H3,(H,14,15). The van der Waals surface area contributed by atoms with Crippen LogP contribution in [0.3, 0.4) is 0 Å². The third kappa shape index (κ3) is 2.46. The van der Waals surface area contributed by atoms with Crippen LogP contribution in [-0.2, 0) is 11.2 Å². The van der Waals surface area contributed by atoms with Gasteiger partial charge in [0.2, 0.25) is 0 Å². The molecule has 1 heterocycles. The van der Waals surface area contributed by atoms with Gasteiger partial charge < -0.3 is 9.52 Å². The number of carbonyl (C=O) groups is 1. The third-order valence-electron chi connectivity index (χ3n) is 3.36. The van der Waals surface area contributed by atoms with Crippen LogP contribution in [0, 0.1) is 6.92 Å². The molecule has 0 radical (unpaired) electrons. The third-order valence-corrected chi connectivity index (χ3v) is 3.36. The number of furan rings is 1. The van der Waals surface area contributed by atoms with Crippen molar-refractivity contribution in [2.45, 2.75) is 51.4 Å². The molecule has 0 bridgehead atoms. The van der Waals surface area contributed by atoms with Gasteiger partial charge in [0.15, 0.2) is 0 Å². The number of carboxylic acid groups (broad SMARTS) is 1. The highest BCUT2D eigenvalue weighted by molar-refractivity contribution is 5.69. The van der Waals surface area contributed by atoms with E-state index in [4.69, 9.17) is 9.52 Å². The van der Waals surface area contributed by atoms with Gasteiger partial charge in [0.25, 0.3) is 0 Å². The van der Waals surface area contributed by atoms with Gasteiger partial charge in [-0.3, -0.25) is 4.79 Å². The molecule has 0 amide bonds. The normalized spacial score (nSPS) is 17.6. The summed E-state index contributed by atoms with van der Waals surface area (Å²) in [4.78, 5) is 10.6. The molecular weight excluding hydrogens is 204 g/mol. The first-order valence-corrected chi connectivity index (χ1v) is 5.98. The second-order valence-electron chi connectivity index (χ2n) is 4.66. The second-order valence-corrected chi connectivity index (χ2v) is 4.66. The largest absolute Gasteiger partial charge is 0.481 e. The number of aliphatic carboxylic acids is 1. The van der Waals surface area contributed by atoms with Gasteiger partial charge in [0.1, 0.15) is 17.9 Å². The number of aryl methyl sites for hydroxylation is 1. The molecule has 3 nitrogen and oxygen atoms in total. The summed E-state index contributed by atoms with van der Waals surface area (Å²) in [5.41, 5.74) is 0.975. The van der Waals surface area contributed by atoms with Crippen LogP contribution in [0.15, 0.2) is 10.5 Å². The van der Waals surface area contributed by atoms with Gasteiger partial charge in [0.05, 0.1) is 0 Å². The summed E-state index contributed by atoms with van der Waals surface area (Å²) >= 11 is 0. The first kappa shape index (κ1) is 11.2. The Morgan fingerprint density at radius 1 is 1.44 bits per heavy atom. The average Bonchev–Trinajstić information content (AvgIpc) is 2.61. The average molecular weight is 222 g/mol. The Morgan fingerprint density at radius 3 is 2.75 bits per heavy atom. The fourth-order valence-electron chi connectivity index (χ4n) is 2.45. The highest BCUT2D eigenvalue weighted by Crippen LogP contribution is 2.34. The van der Waals surface area contributed by atoms with E-state index in [1.54, 1.807) is 0 Å². The van der Waals surface area contributed by atoms with Gasteiger partial charge in [0, 0.05) is 5.92 Å². The molecule has 88 valence electrons. The zero-order chi connectivity index (χ0) is 11.5. The van der Waals surface area contributed by atoms with Gasteiger partial charge in [-0.2, -0.15) is 0 Å². The number of hydrogen-bond acceptors (Lipinski definition) is 2. The predicted octanol–water partition coefficient (Wildman–Crippen LogP) is 3.26. The van der Waals surface area contributed by atoms with Crippen LogP contribution >= 0.6 is 0 Å². The molecule has 0 atom stereocenters. The lowest BCUT2D eigenvalue weighted by atomic mass is 9.87. The first-order valence-electron chi connectivity index (χ1n) is 5.98. The van der Waals surface area contributed by atoms with E-state index in [0.717, 1.165) is 11.3 Å². The minimum atomic E-state index is -0.826. The Labute approximate surface area is 95.5 Å². The summed E-state index contributed by atoms with van der Waals surface area (Å²) in [5, 5.41) is 8.75. The maximum atomic E-state index is 10.6. The van der Waals surface area contributed by atoms with E-state index in [1.165, 1.54) is 32.1 Å². The summed E-state index contributed by atoms with van der Waals surface area (Å²) in [6, 6.07) is 2.02.